The van der Waals surface area contributed by atoms with E-state index in [0.717, 1.165) is 11.5 Å². The van der Waals surface area contributed by atoms with E-state index in [1.807, 2.05) is 13.8 Å². The molecule has 0 atom stereocenters. The van der Waals surface area contributed by atoms with Gasteiger partial charge in [0.15, 0.2) is 0 Å². The molecule has 0 radical (unpaired) electrons. The van der Waals surface area contributed by atoms with Crippen molar-refractivity contribution in [2.45, 2.75) is 13.8 Å². The molecule has 0 spiro atoms. The minimum atomic E-state index is 0. The van der Waals surface area contributed by atoms with Gasteiger partial charge in [-0.25, -0.2) is 0 Å². The summed E-state index contributed by atoms with van der Waals surface area (Å²) in [4.78, 5) is 0. The monoisotopic (exact) mass is 146 g/mol. The van der Waals surface area contributed by atoms with Crippen molar-refractivity contribution < 1.29 is 0 Å². The maximum Gasteiger partial charge on any atom is 2.00 e. The van der Waals surface area contributed by atoms with Crippen molar-refractivity contribution in [3.63, 3.8) is 0 Å². The average Bonchev–Trinajstić information content (AvgIpc) is 1.39. The van der Waals surface area contributed by atoms with Gasteiger partial charge in [0, 0.05) is 0 Å². The quantitative estimate of drug-likeness (QED) is 0.365. The van der Waals surface area contributed by atoms with Gasteiger partial charge in [0.2, 0.25) is 0 Å². The minimum absolute atomic E-state index is 0. The maximum atomic E-state index is 4.39. The molecule has 0 aliphatic carbocycles. The summed E-state index contributed by atoms with van der Waals surface area (Å²) in [6, 6.07) is 0. The third kappa shape index (κ3) is 104. The van der Waals surface area contributed by atoms with Gasteiger partial charge in [-0.2, -0.15) is 11.5 Å². The zero-order chi connectivity index (χ0) is 5.41. The topological polar surface area (TPSA) is 0 Å². The fourth-order valence-electron chi connectivity index (χ4n) is 0. The molecule has 0 aromatic rings. The van der Waals surface area contributed by atoms with Crippen LogP contribution in [0.2, 0.25) is 0 Å². The van der Waals surface area contributed by atoms with Crippen LogP contribution >= 0.6 is 0 Å². The number of hydrogen-bond acceptors (Lipinski definition) is 2. The van der Waals surface area contributed by atoms with Gasteiger partial charge in [0.1, 0.15) is 0 Å². The zero-order valence-corrected chi connectivity index (χ0v) is 7.99. The molecule has 0 saturated carbocycles. The number of rotatable bonds is 0. The Labute approximate surface area is 73.4 Å². The van der Waals surface area contributed by atoms with E-state index >= 15 is 0 Å². The summed E-state index contributed by atoms with van der Waals surface area (Å²) < 4.78 is 0. The summed E-state index contributed by atoms with van der Waals surface area (Å²) in [5, 5.41) is 0. The Hall–Kier alpha value is 1.47. The van der Waals surface area contributed by atoms with Crippen molar-refractivity contribution >= 4 is 48.3 Å². The van der Waals surface area contributed by atoms with Gasteiger partial charge >= 0.3 is 23.1 Å². The van der Waals surface area contributed by atoms with Crippen molar-refractivity contribution in [3.8, 4) is 0 Å². The largest absolute Gasteiger partial charge is 2.00 e. The maximum absolute atomic E-state index is 4.39. The smallest absolute Gasteiger partial charge is 0.793 e. The molecule has 40 valence electrons. The van der Waals surface area contributed by atoms with Crippen LogP contribution in [0.25, 0.3) is 0 Å². The molecule has 0 rings (SSSR count). The predicted octanol–water partition coefficient (Wildman–Crippen LogP) is 0.726. The van der Waals surface area contributed by atoms with E-state index in [-0.39, 0.29) is 23.1 Å². The first-order valence-electron chi connectivity index (χ1n) is 1.99. The standard InChI is InChI=1S/2C2H6S.Mg/c2*1-2-3;/h2*3H,2H2,1H3;/q;;+2/p-2. The van der Waals surface area contributed by atoms with Gasteiger partial charge in [-0.1, -0.05) is 13.8 Å². The van der Waals surface area contributed by atoms with Crippen LogP contribution in [0.5, 0.6) is 0 Å². The Morgan fingerprint density at radius 2 is 1.00 bits per heavy atom. The van der Waals surface area contributed by atoms with Crippen molar-refractivity contribution in [2.24, 2.45) is 0 Å². The molecule has 0 fully saturated rings. The normalized spacial score (nSPS) is 5.14. The summed E-state index contributed by atoms with van der Waals surface area (Å²) in [7, 11) is 0. The van der Waals surface area contributed by atoms with E-state index in [9.17, 15) is 0 Å². The van der Waals surface area contributed by atoms with Crippen LogP contribution in [-0.4, -0.2) is 34.6 Å². The molecular weight excluding hydrogens is 136 g/mol. The van der Waals surface area contributed by atoms with Crippen LogP contribution in [0.4, 0.5) is 0 Å². The van der Waals surface area contributed by atoms with Gasteiger partial charge in [-0.3, -0.25) is 0 Å². The first-order valence-corrected chi connectivity index (χ1v) is 3.15. The van der Waals surface area contributed by atoms with Gasteiger partial charge < -0.3 is 25.3 Å². The molecule has 0 aliphatic rings. The molecule has 0 aromatic heterocycles. The third-order valence-electron chi connectivity index (χ3n) is 0. The van der Waals surface area contributed by atoms with E-state index in [1.54, 1.807) is 0 Å². The third-order valence-corrected chi connectivity index (χ3v) is 0. The van der Waals surface area contributed by atoms with E-state index in [4.69, 9.17) is 0 Å². The Morgan fingerprint density at radius 3 is 1.00 bits per heavy atom. The number of hydrogen-bond donors (Lipinski definition) is 0. The van der Waals surface area contributed by atoms with Crippen molar-refractivity contribution in [1.29, 1.82) is 0 Å². The molecule has 0 N–H and O–H groups in total. The van der Waals surface area contributed by atoms with Gasteiger partial charge in [-0.15, -0.1) is 0 Å². The first-order chi connectivity index (χ1) is 2.83. The molecule has 0 aliphatic heterocycles. The molecule has 7 heavy (non-hydrogen) atoms. The van der Waals surface area contributed by atoms with Crippen LogP contribution in [-0.2, 0) is 25.3 Å². The average molecular weight is 147 g/mol. The molecule has 0 heterocycles. The summed E-state index contributed by atoms with van der Waals surface area (Å²) in [6.07, 6.45) is 0. The Morgan fingerprint density at radius 1 is 1.00 bits per heavy atom. The Kier molecular flexibility index (Phi) is 58.6. The van der Waals surface area contributed by atoms with Crippen molar-refractivity contribution in [2.75, 3.05) is 11.5 Å². The van der Waals surface area contributed by atoms with Crippen LogP contribution in [0.15, 0.2) is 0 Å². The van der Waals surface area contributed by atoms with Crippen molar-refractivity contribution in [1.82, 2.24) is 0 Å². The first kappa shape index (κ1) is 15.8. The Balaban J connectivity index is -0.0000000400. The molecule has 0 unspecified atom stereocenters. The van der Waals surface area contributed by atoms with E-state index in [0.29, 0.717) is 0 Å². The second kappa shape index (κ2) is 26.0. The fourth-order valence-corrected chi connectivity index (χ4v) is 0. The van der Waals surface area contributed by atoms with Crippen LogP contribution < -0.4 is 0 Å². The molecule has 3 heteroatoms. The fraction of sp³-hybridized carbons (Fsp3) is 1.00. The Bertz CT molecular complexity index is 11.7. The summed E-state index contributed by atoms with van der Waals surface area (Å²) in [5.74, 6) is 1.67. The van der Waals surface area contributed by atoms with E-state index in [2.05, 4.69) is 25.3 Å². The molecule has 0 amide bonds. The van der Waals surface area contributed by atoms with Crippen molar-refractivity contribution in [3.05, 3.63) is 0 Å². The SMILES string of the molecule is CC[S-].CC[S-].[Mg+2]. The van der Waals surface area contributed by atoms with Crippen LogP contribution in [0, 0.1) is 0 Å². The summed E-state index contributed by atoms with van der Waals surface area (Å²) in [5.41, 5.74) is 0. The summed E-state index contributed by atoms with van der Waals surface area (Å²) >= 11 is 8.79. The van der Waals surface area contributed by atoms with Gasteiger partial charge in [0.25, 0.3) is 0 Å². The van der Waals surface area contributed by atoms with E-state index < -0.39 is 0 Å². The second-order valence-electron chi connectivity index (χ2n) is 0.577. The predicted molar refractivity (Wildman–Crippen MR) is 41.6 cm³/mol. The minimum Gasteiger partial charge on any atom is -0.793 e. The van der Waals surface area contributed by atoms with Gasteiger partial charge in [-0.05, 0) is 0 Å². The molecule has 0 aromatic carbocycles. The summed E-state index contributed by atoms with van der Waals surface area (Å²) in [6.45, 7) is 3.88. The van der Waals surface area contributed by atoms with E-state index in [1.165, 1.54) is 0 Å². The molecule has 0 nitrogen and oxygen atoms in total. The molecule has 0 saturated heterocycles. The molecule has 0 bridgehead atoms. The van der Waals surface area contributed by atoms with Crippen LogP contribution in [0.1, 0.15) is 13.8 Å². The zero-order valence-electron chi connectivity index (χ0n) is 4.94. The van der Waals surface area contributed by atoms with Gasteiger partial charge in [0.05, 0.1) is 0 Å². The van der Waals surface area contributed by atoms with Crippen LogP contribution in [0.3, 0.4) is 0 Å². The second-order valence-corrected chi connectivity index (χ2v) is 1.73. The molecular formula is C4H10MgS2.